The fourth-order valence-corrected chi connectivity index (χ4v) is 2.46. The highest BCUT2D eigenvalue weighted by Gasteiger charge is 2.26. The number of benzene rings is 1. The molecule has 4 nitrogen and oxygen atoms in total. The molecule has 1 unspecified atom stereocenters. The Bertz CT molecular complexity index is 490. The van der Waals surface area contributed by atoms with Gasteiger partial charge in [-0.3, -0.25) is 4.79 Å². The van der Waals surface area contributed by atoms with E-state index in [-0.39, 0.29) is 11.8 Å². The minimum atomic E-state index is -1.11. The number of hydrogen-bond acceptors (Lipinski definition) is 2. The molecule has 0 saturated carbocycles. The Morgan fingerprint density at radius 2 is 1.95 bits per heavy atom. The van der Waals surface area contributed by atoms with Gasteiger partial charge in [-0.15, -0.1) is 0 Å². The molecule has 0 aliphatic rings. The molecule has 116 valence electrons. The van der Waals surface area contributed by atoms with Gasteiger partial charge in [0.2, 0.25) is 5.91 Å². The van der Waals surface area contributed by atoms with E-state index in [1.165, 1.54) is 0 Å². The van der Waals surface area contributed by atoms with Crippen molar-refractivity contribution >= 4 is 23.5 Å². The van der Waals surface area contributed by atoms with Crippen LogP contribution < -0.4 is 5.32 Å². The van der Waals surface area contributed by atoms with Crippen LogP contribution in [0.4, 0.5) is 0 Å². The molecule has 0 radical (unpaired) electrons. The van der Waals surface area contributed by atoms with E-state index in [1.807, 2.05) is 6.92 Å². The highest BCUT2D eigenvalue weighted by atomic mass is 35.5. The first-order valence-electron chi connectivity index (χ1n) is 7.28. The summed E-state index contributed by atoms with van der Waals surface area (Å²) >= 11 is 6.03. The molecule has 0 aromatic heterocycles. The standard InChI is InChI=1S/C16H22ClNO3/c1-3-5-8-11(4-2)15(19)18-14(16(20)21)12-9-6-7-10-13(12)17/h6-7,9-11,14H,3-5,8H2,1-2H3,(H,18,19)(H,20,21)/t11?,14-/m1/s1. The van der Waals surface area contributed by atoms with Gasteiger partial charge >= 0.3 is 5.97 Å². The van der Waals surface area contributed by atoms with Gasteiger partial charge in [0, 0.05) is 16.5 Å². The van der Waals surface area contributed by atoms with Crippen molar-refractivity contribution in [2.24, 2.45) is 5.92 Å². The second-order valence-corrected chi connectivity index (χ2v) is 5.46. The maximum atomic E-state index is 12.3. The van der Waals surface area contributed by atoms with Crippen molar-refractivity contribution in [2.45, 2.75) is 45.6 Å². The van der Waals surface area contributed by atoms with Crippen LogP contribution in [0, 0.1) is 5.92 Å². The first-order chi connectivity index (χ1) is 10.0. The van der Waals surface area contributed by atoms with Gasteiger partial charge in [-0.2, -0.15) is 0 Å². The summed E-state index contributed by atoms with van der Waals surface area (Å²) in [5.41, 5.74) is 0.408. The molecule has 0 saturated heterocycles. The molecular weight excluding hydrogens is 290 g/mol. The topological polar surface area (TPSA) is 66.4 Å². The van der Waals surface area contributed by atoms with Crippen LogP contribution >= 0.6 is 11.6 Å². The van der Waals surface area contributed by atoms with Gasteiger partial charge in [0.15, 0.2) is 6.04 Å². The van der Waals surface area contributed by atoms with Gasteiger partial charge in [0.05, 0.1) is 0 Å². The third-order valence-corrected chi connectivity index (χ3v) is 3.86. The number of rotatable bonds is 8. The summed E-state index contributed by atoms with van der Waals surface area (Å²) in [6.45, 7) is 4.00. The largest absolute Gasteiger partial charge is 0.479 e. The van der Waals surface area contributed by atoms with E-state index < -0.39 is 12.0 Å². The van der Waals surface area contributed by atoms with E-state index in [9.17, 15) is 14.7 Å². The number of unbranched alkanes of at least 4 members (excludes halogenated alkanes) is 1. The lowest BCUT2D eigenvalue weighted by molar-refractivity contribution is -0.142. The number of hydrogen-bond donors (Lipinski definition) is 2. The van der Waals surface area contributed by atoms with Crippen molar-refractivity contribution in [3.05, 3.63) is 34.9 Å². The number of nitrogens with one attached hydrogen (secondary N) is 1. The lowest BCUT2D eigenvalue weighted by atomic mass is 9.97. The summed E-state index contributed by atoms with van der Waals surface area (Å²) in [6, 6.07) is 5.56. The van der Waals surface area contributed by atoms with Crippen molar-refractivity contribution in [3.8, 4) is 0 Å². The quantitative estimate of drug-likeness (QED) is 0.767. The fourth-order valence-electron chi connectivity index (χ4n) is 2.21. The molecule has 21 heavy (non-hydrogen) atoms. The summed E-state index contributed by atoms with van der Waals surface area (Å²) in [5, 5.41) is 12.3. The van der Waals surface area contributed by atoms with Gasteiger partial charge in [-0.1, -0.05) is 56.5 Å². The Balaban J connectivity index is 2.86. The van der Waals surface area contributed by atoms with Crippen LogP contribution in [0.15, 0.2) is 24.3 Å². The minimum absolute atomic E-state index is 0.158. The second kappa shape index (κ2) is 8.67. The Labute approximate surface area is 130 Å². The third kappa shape index (κ3) is 5.05. The molecule has 1 rings (SSSR count). The van der Waals surface area contributed by atoms with Gasteiger partial charge in [0.25, 0.3) is 0 Å². The SMILES string of the molecule is CCCCC(CC)C(=O)N[C@@H](C(=O)O)c1ccccc1Cl. The number of carbonyl (C=O) groups excluding carboxylic acids is 1. The zero-order valence-electron chi connectivity index (χ0n) is 12.4. The molecule has 0 aliphatic heterocycles. The molecular formula is C16H22ClNO3. The molecule has 0 fully saturated rings. The first kappa shape index (κ1) is 17.5. The highest BCUT2D eigenvalue weighted by Crippen LogP contribution is 2.24. The molecule has 1 amide bonds. The van der Waals surface area contributed by atoms with E-state index in [0.29, 0.717) is 17.0 Å². The van der Waals surface area contributed by atoms with Crippen molar-refractivity contribution in [3.63, 3.8) is 0 Å². The van der Waals surface area contributed by atoms with E-state index in [1.54, 1.807) is 24.3 Å². The number of carbonyl (C=O) groups is 2. The molecule has 1 aromatic rings. The van der Waals surface area contributed by atoms with Crippen LogP contribution in [0.2, 0.25) is 5.02 Å². The third-order valence-electron chi connectivity index (χ3n) is 3.52. The number of amides is 1. The Morgan fingerprint density at radius 3 is 2.48 bits per heavy atom. The van der Waals surface area contributed by atoms with Crippen LogP contribution in [0.3, 0.4) is 0 Å². The number of aliphatic carboxylic acids is 1. The first-order valence-corrected chi connectivity index (χ1v) is 7.66. The van der Waals surface area contributed by atoms with Crippen molar-refractivity contribution in [1.82, 2.24) is 5.32 Å². The average Bonchev–Trinajstić information content (AvgIpc) is 2.46. The van der Waals surface area contributed by atoms with Gasteiger partial charge in [0.1, 0.15) is 0 Å². The lowest BCUT2D eigenvalue weighted by Gasteiger charge is -2.20. The van der Waals surface area contributed by atoms with Crippen LogP contribution in [0.25, 0.3) is 0 Å². The van der Waals surface area contributed by atoms with Gasteiger partial charge in [-0.05, 0) is 18.9 Å². The van der Waals surface area contributed by atoms with Crippen LogP contribution in [0.1, 0.15) is 51.1 Å². The monoisotopic (exact) mass is 311 g/mol. The Hall–Kier alpha value is -1.55. The average molecular weight is 312 g/mol. The predicted octanol–water partition coefficient (Wildman–Crippen LogP) is 3.80. The maximum Gasteiger partial charge on any atom is 0.330 e. The lowest BCUT2D eigenvalue weighted by Crippen LogP contribution is -2.37. The molecule has 0 spiro atoms. The minimum Gasteiger partial charge on any atom is -0.479 e. The summed E-state index contributed by atoms with van der Waals surface area (Å²) in [5.74, 6) is -1.49. The van der Waals surface area contributed by atoms with Crippen molar-refractivity contribution in [2.75, 3.05) is 0 Å². The summed E-state index contributed by atoms with van der Waals surface area (Å²) in [4.78, 5) is 23.7. The number of carboxylic acid groups (broad SMARTS) is 1. The molecule has 1 aromatic carbocycles. The number of carboxylic acids is 1. The van der Waals surface area contributed by atoms with Crippen LogP contribution in [0.5, 0.6) is 0 Å². The van der Waals surface area contributed by atoms with E-state index in [4.69, 9.17) is 11.6 Å². The van der Waals surface area contributed by atoms with Gasteiger partial charge in [-0.25, -0.2) is 4.79 Å². The molecule has 2 N–H and O–H groups in total. The molecule has 2 atom stereocenters. The van der Waals surface area contributed by atoms with Crippen LogP contribution in [-0.4, -0.2) is 17.0 Å². The van der Waals surface area contributed by atoms with E-state index >= 15 is 0 Å². The number of halogens is 1. The molecule has 0 aliphatic carbocycles. The Morgan fingerprint density at radius 1 is 1.29 bits per heavy atom. The Kier molecular flexibility index (Phi) is 7.23. The van der Waals surface area contributed by atoms with E-state index in [0.717, 1.165) is 19.3 Å². The molecule has 0 bridgehead atoms. The maximum absolute atomic E-state index is 12.3. The predicted molar refractivity (Wildman–Crippen MR) is 83.3 cm³/mol. The molecule has 5 heteroatoms. The fraction of sp³-hybridized carbons (Fsp3) is 0.500. The van der Waals surface area contributed by atoms with Crippen LogP contribution in [-0.2, 0) is 9.59 Å². The van der Waals surface area contributed by atoms with Crippen molar-refractivity contribution < 1.29 is 14.7 Å². The molecule has 0 heterocycles. The van der Waals surface area contributed by atoms with Gasteiger partial charge < -0.3 is 10.4 Å². The zero-order valence-corrected chi connectivity index (χ0v) is 13.2. The summed E-state index contributed by atoms with van der Waals surface area (Å²) in [6.07, 6.45) is 3.43. The normalized spacial score (nSPS) is 13.5. The second-order valence-electron chi connectivity index (χ2n) is 5.05. The highest BCUT2D eigenvalue weighted by molar-refractivity contribution is 6.31. The smallest absolute Gasteiger partial charge is 0.330 e. The summed E-state index contributed by atoms with van der Waals surface area (Å²) in [7, 11) is 0. The summed E-state index contributed by atoms with van der Waals surface area (Å²) < 4.78 is 0. The van der Waals surface area contributed by atoms with E-state index in [2.05, 4.69) is 12.2 Å². The van der Waals surface area contributed by atoms with Crippen molar-refractivity contribution in [1.29, 1.82) is 0 Å². The zero-order chi connectivity index (χ0) is 15.8.